The van der Waals surface area contributed by atoms with Gasteiger partial charge >= 0.3 is 12.6 Å². The molecule has 0 saturated carbocycles. The highest BCUT2D eigenvalue weighted by Crippen LogP contribution is 2.28. The summed E-state index contributed by atoms with van der Waals surface area (Å²) in [6.07, 6.45) is 5.33. The van der Waals surface area contributed by atoms with Crippen molar-refractivity contribution in [2.24, 2.45) is 7.05 Å². The van der Waals surface area contributed by atoms with Crippen LogP contribution in [-0.2, 0) is 19.9 Å². The Balaban J connectivity index is 1.45. The van der Waals surface area contributed by atoms with E-state index >= 15 is 0 Å². The van der Waals surface area contributed by atoms with Gasteiger partial charge in [0.1, 0.15) is 5.75 Å². The zero-order chi connectivity index (χ0) is 18.5. The van der Waals surface area contributed by atoms with Crippen molar-refractivity contribution in [1.29, 1.82) is 0 Å². The van der Waals surface area contributed by atoms with Gasteiger partial charge in [-0.3, -0.25) is 4.68 Å². The van der Waals surface area contributed by atoms with Crippen LogP contribution in [0, 0.1) is 0 Å². The molecular formula is C18H22F2N4O2. The molecule has 1 atom stereocenters. The van der Waals surface area contributed by atoms with Gasteiger partial charge in [-0.05, 0) is 43.4 Å². The molecule has 0 aliphatic heterocycles. The highest BCUT2D eigenvalue weighted by atomic mass is 19.3. The molecule has 0 bridgehead atoms. The lowest BCUT2D eigenvalue weighted by molar-refractivity contribution is -0.0498. The van der Waals surface area contributed by atoms with Gasteiger partial charge in [-0.2, -0.15) is 13.9 Å². The van der Waals surface area contributed by atoms with Crippen LogP contribution in [0.15, 0.2) is 30.5 Å². The summed E-state index contributed by atoms with van der Waals surface area (Å²) in [6.45, 7) is -2.38. The van der Waals surface area contributed by atoms with E-state index < -0.39 is 6.61 Å². The fourth-order valence-corrected chi connectivity index (χ4v) is 3.22. The average molecular weight is 364 g/mol. The van der Waals surface area contributed by atoms with Crippen LogP contribution in [0.25, 0.3) is 0 Å². The normalized spacial score (nSPS) is 16.2. The molecule has 2 amide bonds. The fraction of sp³-hybridized carbons (Fsp3) is 0.444. The largest absolute Gasteiger partial charge is 0.435 e. The molecule has 1 aliphatic rings. The maximum atomic E-state index is 12.1. The summed E-state index contributed by atoms with van der Waals surface area (Å²) >= 11 is 0. The number of nitrogens with zero attached hydrogens (tertiary/aromatic N) is 2. The van der Waals surface area contributed by atoms with Gasteiger partial charge in [0.2, 0.25) is 0 Å². The second kappa shape index (κ2) is 8.16. The molecule has 0 radical (unpaired) electrons. The number of hydrogen-bond donors (Lipinski definition) is 2. The van der Waals surface area contributed by atoms with Crippen molar-refractivity contribution >= 4 is 6.03 Å². The predicted octanol–water partition coefficient (Wildman–Crippen LogP) is 2.94. The first kappa shape index (κ1) is 18.2. The quantitative estimate of drug-likeness (QED) is 0.828. The minimum Gasteiger partial charge on any atom is -0.435 e. The third-order valence-electron chi connectivity index (χ3n) is 4.53. The first-order chi connectivity index (χ1) is 12.5. The van der Waals surface area contributed by atoms with Gasteiger partial charge in [0.05, 0.1) is 12.2 Å². The lowest BCUT2D eigenvalue weighted by Crippen LogP contribution is -2.39. The van der Waals surface area contributed by atoms with Crippen LogP contribution in [0.4, 0.5) is 13.6 Å². The van der Waals surface area contributed by atoms with Crippen molar-refractivity contribution in [3.8, 4) is 5.75 Å². The molecule has 1 unspecified atom stereocenters. The van der Waals surface area contributed by atoms with Gasteiger partial charge in [-0.1, -0.05) is 12.1 Å². The van der Waals surface area contributed by atoms with Crippen LogP contribution in [0.5, 0.6) is 5.75 Å². The lowest BCUT2D eigenvalue weighted by Gasteiger charge is -2.24. The molecule has 0 fully saturated rings. The lowest BCUT2D eigenvalue weighted by atomic mass is 9.93. The number of urea groups is 1. The van der Waals surface area contributed by atoms with Gasteiger partial charge < -0.3 is 15.4 Å². The van der Waals surface area contributed by atoms with Crippen molar-refractivity contribution in [1.82, 2.24) is 20.4 Å². The standard InChI is InChI=1S/C18H22F2N4O2/c1-24-16-4-2-3-15(14(16)11-22-24)23-18(25)21-10-9-12-5-7-13(8-6-12)26-17(19)20/h5-8,11,15,17H,2-4,9-10H2,1H3,(H2,21,23,25). The van der Waals surface area contributed by atoms with E-state index in [0.717, 1.165) is 30.4 Å². The summed E-state index contributed by atoms with van der Waals surface area (Å²) in [6, 6.07) is 6.17. The molecule has 8 heteroatoms. The number of alkyl halides is 2. The monoisotopic (exact) mass is 364 g/mol. The summed E-state index contributed by atoms with van der Waals surface area (Å²) in [5.74, 6) is 0.124. The van der Waals surface area contributed by atoms with E-state index in [4.69, 9.17) is 0 Å². The summed E-state index contributed by atoms with van der Waals surface area (Å²) in [4.78, 5) is 12.1. The Morgan fingerprint density at radius 3 is 2.88 bits per heavy atom. The number of ether oxygens (including phenoxy) is 1. The van der Waals surface area contributed by atoms with Gasteiger partial charge in [-0.15, -0.1) is 0 Å². The van der Waals surface area contributed by atoms with Crippen LogP contribution in [0.2, 0.25) is 0 Å². The van der Waals surface area contributed by atoms with Crippen LogP contribution >= 0.6 is 0 Å². The van der Waals surface area contributed by atoms with Gasteiger partial charge in [0.25, 0.3) is 0 Å². The molecule has 0 saturated heterocycles. The smallest absolute Gasteiger partial charge is 0.387 e. The summed E-state index contributed by atoms with van der Waals surface area (Å²) < 4.78 is 30.4. The van der Waals surface area contributed by atoms with Gasteiger partial charge in [0, 0.05) is 24.8 Å². The van der Waals surface area contributed by atoms with E-state index in [9.17, 15) is 13.6 Å². The minimum atomic E-state index is -2.83. The number of carbonyl (C=O) groups is 1. The van der Waals surface area contributed by atoms with Gasteiger partial charge in [0.15, 0.2) is 0 Å². The Kier molecular flexibility index (Phi) is 5.70. The van der Waals surface area contributed by atoms with Gasteiger partial charge in [-0.25, -0.2) is 4.79 Å². The van der Waals surface area contributed by atoms with Crippen LogP contribution in [-0.4, -0.2) is 29.0 Å². The van der Waals surface area contributed by atoms with E-state index in [0.29, 0.717) is 13.0 Å². The molecular weight excluding hydrogens is 342 g/mol. The number of halogens is 2. The molecule has 1 heterocycles. The topological polar surface area (TPSA) is 68.2 Å². The third-order valence-corrected chi connectivity index (χ3v) is 4.53. The summed E-state index contributed by atoms with van der Waals surface area (Å²) in [7, 11) is 1.92. The zero-order valence-corrected chi connectivity index (χ0v) is 14.5. The van der Waals surface area contributed by atoms with Crippen molar-refractivity contribution in [2.75, 3.05) is 6.54 Å². The Morgan fingerprint density at radius 1 is 1.38 bits per heavy atom. The summed E-state index contributed by atoms with van der Waals surface area (Å²) in [5.41, 5.74) is 3.19. The first-order valence-electron chi connectivity index (χ1n) is 8.62. The molecule has 1 aromatic heterocycles. The van der Waals surface area contributed by atoms with Crippen LogP contribution in [0.3, 0.4) is 0 Å². The molecule has 1 aromatic carbocycles. The maximum absolute atomic E-state index is 12.1. The zero-order valence-electron chi connectivity index (χ0n) is 14.5. The minimum absolute atomic E-state index is 0.0155. The van der Waals surface area contributed by atoms with E-state index in [-0.39, 0.29) is 17.8 Å². The fourth-order valence-electron chi connectivity index (χ4n) is 3.22. The Labute approximate surface area is 150 Å². The molecule has 6 nitrogen and oxygen atoms in total. The molecule has 3 rings (SSSR count). The number of amides is 2. The Morgan fingerprint density at radius 2 is 2.15 bits per heavy atom. The maximum Gasteiger partial charge on any atom is 0.387 e. The molecule has 140 valence electrons. The second-order valence-corrected chi connectivity index (χ2v) is 6.29. The highest BCUT2D eigenvalue weighted by Gasteiger charge is 2.24. The number of hydrogen-bond acceptors (Lipinski definition) is 3. The Hall–Kier alpha value is -2.64. The number of carbonyl (C=O) groups excluding carboxylic acids is 1. The van der Waals surface area contributed by atoms with Crippen LogP contribution < -0.4 is 15.4 Å². The predicted molar refractivity (Wildman–Crippen MR) is 92.2 cm³/mol. The molecule has 2 N–H and O–H groups in total. The number of benzene rings is 1. The number of aromatic nitrogens is 2. The SMILES string of the molecule is Cn1ncc2c1CCCC2NC(=O)NCCc1ccc(OC(F)F)cc1. The molecule has 0 spiro atoms. The molecule has 26 heavy (non-hydrogen) atoms. The summed E-state index contributed by atoms with van der Waals surface area (Å²) in [5, 5.41) is 10.1. The van der Waals surface area contributed by atoms with Crippen molar-refractivity contribution in [3.63, 3.8) is 0 Å². The highest BCUT2D eigenvalue weighted by molar-refractivity contribution is 5.74. The number of aryl methyl sites for hydroxylation is 1. The number of fused-ring (bicyclic) bond motifs is 1. The van der Waals surface area contributed by atoms with E-state index in [1.54, 1.807) is 12.1 Å². The van der Waals surface area contributed by atoms with Crippen molar-refractivity contribution in [2.45, 2.75) is 38.3 Å². The van der Waals surface area contributed by atoms with Crippen LogP contribution in [0.1, 0.15) is 35.7 Å². The van der Waals surface area contributed by atoms with Crippen molar-refractivity contribution in [3.05, 3.63) is 47.3 Å². The van der Waals surface area contributed by atoms with E-state index in [2.05, 4.69) is 20.5 Å². The molecule has 1 aliphatic carbocycles. The number of nitrogens with one attached hydrogen (secondary N) is 2. The van der Waals surface area contributed by atoms with Crippen molar-refractivity contribution < 1.29 is 18.3 Å². The Bertz CT molecular complexity index is 746. The number of rotatable bonds is 6. The first-order valence-corrected chi connectivity index (χ1v) is 8.62. The molecule has 2 aromatic rings. The average Bonchev–Trinajstić information content (AvgIpc) is 2.98. The second-order valence-electron chi connectivity index (χ2n) is 6.29. The third kappa shape index (κ3) is 4.50. The van der Waals surface area contributed by atoms with E-state index in [1.165, 1.54) is 17.8 Å². The van der Waals surface area contributed by atoms with E-state index in [1.807, 2.05) is 17.9 Å².